The summed E-state index contributed by atoms with van der Waals surface area (Å²) in [5.41, 5.74) is 2.26. The van der Waals surface area contributed by atoms with Gasteiger partial charge in [-0.05, 0) is 36.6 Å². The third-order valence-electron chi connectivity index (χ3n) is 5.33. The molecule has 0 unspecified atom stereocenters. The van der Waals surface area contributed by atoms with E-state index in [1.807, 2.05) is 11.0 Å². The lowest BCUT2D eigenvalue weighted by Crippen LogP contribution is -2.39. The van der Waals surface area contributed by atoms with E-state index in [4.69, 9.17) is 17.0 Å². The Hall–Kier alpha value is -1.37. The summed E-state index contributed by atoms with van der Waals surface area (Å²) in [6.07, 6.45) is 7.80. The molecule has 2 saturated heterocycles. The van der Waals surface area contributed by atoms with Crippen molar-refractivity contribution in [2.24, 2.45) is 0 Å². The van der Waals surface area contributed by atoms with Crippen LogP contribution in [0.25, 0.3) is 6.08 Å². The van der Waals surface area contributed by atoms with Gasteiger partial charge in [0.15, 0.2) is 0 Å². The van der Waals surface area contributed by atoms with Crippen molar-refractivity contribution in [1.29, 1.82) is 0 Å². The Morgan fingerprint density at radius 2 is 1.77 bits per heavy atom. The number of benzene rings is 1. The molecule has 0 spiro atoms. The van der Waals surface area contributed by atoms with Gasteiger partial charge in [0.1, 0.15) is 4.32 Å². The molecule has 138 valence electrons. The standard InChI is InChI=1S/C20H24N2O2S2/c23-19-18(26-20(25)22(19)17-4-2-1-3-5-17)14-15-6-8-16(9-7-15)21-10-12-24-13-11-21/h6-9,14,17H,1-5,10-13H2/b18-14+. The van der Waals surface area contributed by atoms with Gasteiger partial charge in [-0.25, -0.2) is 0 Å². The molecule has 0 radical (unpaired) electrons. The van der Waals surface area contributed by atoms with Crippen LogP contribution < -0.4 is 4.90 Å². The first-order chi connectivity index (χ1) is 12.7. The van der Waals surface area contributed by atoms with Crippen molar-refractivity contribution in [1.82, 2.24) is 4.90 Å². The summed E-state index contributed by atoms with van der Waals surface area (Å²) in [4.78, 5) is 17.8. The highest BCUT2D eigenvalue weighted by Gasteiger charge is 2.37. The zero-order valence-corrected chi connectivity index (χ0v) is 16.5. The van der Waals surface area contributed by atoms with Gasteiger partial charge in [0, 0.05) is 24.8 Å². The number of thioether (sulfide) groups is 1. The monoisotopic (exact) mass is 388 g/mol. The van der Waals surface area contributed by atoms with E-state index in [9.17, 15) is 4.79 Å². The van der Waals surface area contributed by atoms with Crippen LogP contribution in [0.4, 0.5) is 5.69 Å². The van der Waals surface area contributed by atoms with Gasteiger partial charge < -0.3 is 9.64 Å². The molecule has 2 heterocycles. The topological polar surface area (TPSA) is 32.8 Å². The van der Waals surface area contributed by atoms with E-state index in [0.29, 0.717) is 6.04 Å². The lowest BCUT2D eigenvalue weighted by Gasteiger charge is -2.29. The molecule has 0 atom stereocenters. The zero-order chi connectivity index (χ0) is 17.9. The normalized spacial score (nSPS) is 23.9. The van der Waals surface area contributed by atoms with Crippen LogP contribution >= 0.6 is 24.0 Å². The Morgan fingerprint density at radius 1 is 1.08 bits per heavy atom. The number of carbonyl (C=O) groups is 1. The third kappa shape index (κ3) is 3.82. The number of hydrogen-bond donors (Lipinski definition) is 0. The molecule has 1 aromatic carbocycles. The lowest BCUT2D eigenvalue weighted by molar-refractivity contribution is -0.124. The summed E-state index contributed by atoms with van der Waals surface area (Å²) in [5.74, 6) is 0.0872. The third-order valence-corrected chi connectivity index (χ3v) is 6.66. The van der Waals surface area contributed by atoms with E-state index in [1.54, 1.807) is 0 Å². The van der Waals surface area contributed by atoms with E-state index in [2.05, 4.69) is 29.2 Å². The zero-order valence-electron chi connectivity index (χ0n) is 14.9. The summed E-state index contributed by atoms with van der Waals surface area (Å²) in [6, 6.07) is 8.71. The summed E-state index contributed by atoms with van der Waals surface area (Å²) < 4.78 is 6.13. The second-order valence-corrected chi connectivity index (χ2v) is 8.71. The highest BCUT2D eigenvalue weighted by molar-refractivity contribution is 8.26. The number of thiocarbonyl (C=S) groups is 1. The molecule has 4 rings (SSSR count). The Balaban J connectivity index is 1.47. The lowest BCUT2D eigenvalue weighted by atomic mass is 9.94. The number of hydrogen-bond acceptors (Lipinski definition) is 5. The fourth-order valence-corrected chi connectivity index (χ4v) is 5.29. The maximum atomic E-state index is 12.9. The first kappa shape index (κ1) is 18.0. The van der Waals surface area contributed by atoms with Gasteiger partial charge in [0.2, 0.25) is 0 Å². The molecule has 0 N–H and O–H groups in total. The predicted octanol–water partition coefficient (Wildman–Crippen LogP) is 4.06. The van der Waals surface area contributed by atoms with Crippen LogP contribution in [-0.2, 0) is 9.53 Å². The molecular formula is C20H24N2O2S2. The fraction of sp³-hybridized carbons (Fsp3) is 0.500. The largest absolute Gasteiger partial charge is 0.378 e. The minimum atomic E-state index is 0.0872. The van der Waals surface area contributed by atoms with Gasteiger partial charge in [-0.15, -0.1) is 0 Å². The Morgan fingerprint density at radius 3 is 2.46 bits per heavy atom. The number of anilines is 1. The highest BCUT2D eigenvalue weighted by Crippen LogP contribution is 2.37. The molecule has 0 aromatic heterocycles. The van der Waals surface area contributed by atoms with Crippen molar-refractivity contribution in [2.45, 2.75) is 38.1 Å². The van der Waals surface area contributed by atoms with Gasteiger partial charge in [0.05, 0.1) is 18.1 Å². The van der Waals surface area contributed by atoms with Crippen LogP contribution in [0.1, 0.15) is 37.7 Å². The smallest absolute Gasteiger partial charge is 0.266 e. The molecule has 2 aliphatic heterocycles. The Labute approximate surface area is 164 Å². The van der Waals surface area contributed by atoms with E-state index in [1.165, 1.54) is 36.7 Å². The minimum absolute atomic E-state index is 0.0872. The van der Waals surface area contributed by atoms with Gasteiger partial charge >= 0.3 is 0 Å². The Kier molecular flexibility index (Phi) is 5.62. The first-order valence-electron chi connectivity index (χ1n) is 9.42. The molecular weight excluding hydrogens is 364 g/mol. The number of rotatable bonds is 3. The van der Waals surface area contributed by atoms with Crippen LogP contribution in [-0.4, -0.2) is 47.5 Å². The van der Waals surface area contributed by atoms with Crippen molar-refractivity contribution < 1.29 is 9.53 Å². The summed E-state index contributed by atoms with van der Waals surface area (Å²) >= 11 is 6.95. The van der Waals surface area contributed by atoms with E-state index in [-0.39, 0.29) is 5.91 Å². The number of nitrogens with zero attached hydrogens (tertiary/aromatic N) is 2. The quantitative estimate of drug-likeness (QED) is 0.576. The molecule has 1 amide bonds. The van der Waals surface area contributed by atoms with Gasteiger partial charge in [-0.2, -0.15) is 0 Å². The number of morpholine rings is 1. The predicted molar refractivity (Wildman–Crippen MR) is 111 cm³/mol. The maximum Gasteiger partial charge on any atom is 0.266 e. The minimum Gasteiger partial charge on any atom is -0.378 e. The molecule has 26 heavy (non-hydrogen) atoms. The van der Waals surface area contributed by atoms with Crippen molar-refractivity contribution in [2.75, 3.05) is 31.2 Å². The van der Waals surface area contributed by atoms with E-state index in [0.717, 1.165) is 53.9 Å². The van der Waals surface area contributed by atoms with Crippen LogP contribution in [0.3, 0.4) is 0 Å². The summed E-state index contributed by atoms with van der Waals surface area (Å²) in [5, 5.41) is 0. The van der Waals surface area contributed by atoms with Crippen molar-refractivity contribution in [3.63, 3.8) is 0 Å². The second kappa shape index (κ2) is 8.11. The van der Waals surface area contributed by atoms with E-state index < -0.39 is 0 Å². The molecule has 3 aliphatic rings. The molecule has 1 aliphatic carbocycles. The molecule has 6 heteroatoms. The molecule has 1 aromatic rings. The van der Waals surface area contributed by atoms with Crippen LogP contribution in [0, 0.1) is 0 Å². The van der Waals surface area contributed by atoms with Gasteiger partial charge in [-0.1, -0.05) is 55.4 Å². The average Bonchev–Trinajstić information content (AvgIpc) is 2.97. The summed E-state index contributed by atoms with van der Waals surface area (Å²) in [6.45, 7) is 3.43. The van der Waals surface area contributed by atoms with Gasteiger partial charge in [-0.3, -0.25) is 9.69 Å². The molecule has 1 saturated carbocycles. The highest BCUT2D eigenvalue weighted by atomic mass is 32.2. The first-order valence-corrected chi connectivity index (χ1v) is 10.6. The van der Waals surface area contributed by atoms with Crippen LogP contribution in [0.2, 0.25) is 0 Å². The average molecular weight is 389 g/mol. The van der Waals surface area contributed by atoms with Crippen molar-refractivity contribution in [3.05, 3.63) is 34.7 Å². The van der Waals surface area contributed by atoms with Crippen molar-refractivity contribution in [3.8, 4) is 0 Å². The number of carbonyl (C=O) groups excluding carboxylic acids is 1. The van der Waals surface area contributed by atoms with Crippen LogP contribution in [0.15, 0.2) is 29.2 Å². The maximum absolute atomic E-state index is 12.9. The van der Waals surface area contributed by atoms with Crippen molar-refractivity contribution >= 4 is 46.0 Å². The number of amides is 1. The van der Waals surface area contributed by atoms with E-state index >= 15 is 0 Å². The second-order valence-electron chi connectivity index (χ2n) is 7.03. The molecule has 3 fully saturated rings. The SMILES string of the molecule is O=C1/C(=C\c2ccc(N3CCOCC3)cc2)SC(=S)N1C1CCCCC1. The van der Waals surface area contributed by atoms with Crippen LogP contribution in [0.5, 0.6) is 0 Å². The molecule has 0 bridgehead atoms. The molecule has 4 nitrogen and oxygen atoms in total. The fourth-order valence-electron chi connectivity index (χ4n) is 3.89. The summed E-state index contributed by atoms with van der Waals surface area (Å²) in [7, 11) is 0. The number of ether oxygens (including phenoxy) is 1. The Bertz CT molecular complexity index is 705. The van der Waals surface area contributed by atoms with Gasteiger partial charge in [0.25, 0.3) is 5.91 Å².